The molecule has 27 heavy (non-hydrogen) atoms. The Bertz CT molecular complexity index is 730. The van der Waals surface area contributed by atoms with Gasteiger partial charge in [-0.1, -0.05) is 5.16 Å². The molecule has 2 saturated heterocycles. The van der Waals surface area contributed by atoms with E-state index in [0.717, 1.165) is 12.8 Å². The lowest BCUT2D eigenvalue weighted by molar-refractivity contribution is 0.00499. The van der Waals surface area contributed by atoms with Crippen molar-refractivity contribution in [3.8, 4) is 0 Å². The molecule has 3 aliphatic rings. The van der Waals surface area contributed by atoms with Crippen molar-refractivity contribution in [2.24, 2.45) is 0 Å². The van der Waals surface area contributed by atoms with E-state index in [1.807, 2.05) is 25.7 Å². The van der Waals surface area contributed by atoms with Gasteiger partial charge in [0.25, 0.3) is 5.91 Å². The van der Waals surface area contributed by atoms with Crippen molar-refractivity contribution >= 4 is 12.0 Å². The van der Waals surface area contributed by atoms with E-state index in [4.69, 9.17) is 9.26 Å². The minimum atomic E-state index is -0.887. The number of amides is 2. The molecule has 1 aliphatic carbocycles. The molecule has 148 valence electrons. The summed E-state index contributed by atoms with van der Waals surface area (Å²) in [5.41, 5.74) is -0.335. The molecule has 1 aromatic heterocycles. The molecule has 1 unspecified atom stereocenters. The molecule has 8 heteroatoms. The Morgan fingerprint density at radius 3 is 2.44 bits per heavy atom. The summed E-state index contributed by atoms with van der Waals surface area (Å²) in [5, 5.41) is 6.77. The predicted octanol–water partition coefficient (Wildman–Crippen LogP) is 3.16. The molecular weight excluding hydrogens is 353 g/mol. The molecule has 5 atom stereocenters. The molecule has 2 bridgehead atoms. The summed E-state index contributed by atoms with van der Waals surface area (Å²) in [6, 6.07) is 1.67. The van der Waals surface area contributed by atoms with Crippen LogP contribution < -0.4 is 5.32 Å². The van der Waals surface area contributed by atoms with E-state index in [0.29, 0.717) is 25.0 Å². The molecule has 7 nitrogen and oxygen atoms in total. The maximum absolute atomic E-state index is 13.1. The fourth-order valence-electron chi connectivity index (χ4n) is 4.20. The first kappa shape index (κ1) is 18.3. The van der Waals surface area contributed by atoms with Crippen LogP contribution in [0.25, 0.3) is 0 Å². The van der Waals surface area contributed by atoms with Crippen molar-refractivity contribution in [1.29, 1.82) is 0 Å². The third-order valence-electron chi connectivity index (χ3n) is 5.51. The molecule has 0 spiro atoms. The standard InChI is InChI=1S/C19H26FN3O4/c1-19(2,3)26-18(25)23-11-4-5-12(23)7-10(6-11)21-17(24)15-9-16(27-22-15)13-8-14(13)20/h9-14H,4-8H2,1-3H3,(H,21,24)/t10?,11-,12+,13-,14-/m0/s1. The lowest BCUT2D eigenvalue weighted by Crippen LogP contribution is -2.53. The summed E-state index contributed by atoms with van der Waals surface area (Å²) in [6.45, 7) is 5.58. The molecule has 1 aromatic rings. The number of carbonyl (C=O) groups excluding carboxylic acids is 2. The lowest BCUT2D eigenvalue weighted by atomic mass is 9.97. The van der Waals surface area contributed by atoms with Crippen LogP contribution in [0.3, 0.4) is 0 Å². The summed E-state index contributed by atoms with van der Waals surface area (Å²) >= 11 is 0. The maximum Gasteiger partial charge on any atom is 0.410 e. The van der Waals surface area contributed by atoms with Gasteiger partial charge in [-0.25, -0.2) is 9.18 Å². The van der Waals surface area contributed by atoms with E-state index in [9.17, 15) is 14.0 Å². The zero-order valence-corrected chi connectivity index (χ0v) is 15.9. The average Bonchev–Trinajstić information content (AvgIpc) is 3.00. The monoisotopic (exact) mass is 379 g/mol. The Labute approximate surface area is 157 Å². The van der Waals surface area contributed by atoms with Crippen LogP contribution in [0.1, 0.15) is 75.0 Å². The molecule has 1 N–H and O–H groups in total. The second kappa shape index (κ2) is 6.49. The van der Waals surface area contributed by atoms with E-state index in [-0.39, 0.29) is 41.7 Å². The minimum absolute atomic E-state index is 0.0244. The molecule has 4 rings (SSSR count). The van der Waals surface area contributed by atoms with Crippen molar-refractivity contribution < 1.29 is 23.2 Å². The molecule has 0 radical (unpaired) electrons. The van der Waals surface area contributed by atoms with Gasteiger partial charge in [0.1, 0.15) is 17.5 Å². The summed E-state index contributed by atoms with van der Waals surface area (Å²) in [5.74, 6) is -0.129. The van der Waals surface area contributed by atoms with Crippen LogP contribution in [0.5, 0.6) is 0 Å². The van der Waals surface area contributed by atoms with Crippen LogP contribution >= 0.6 is 0 Å². The highest BCUT2D eigenvalue weighted by Gasteiger charge is 2.45. The van der Waals surface area contributed by atoms with Gasteiger partial charge >= 0.3 is 6.09 Å². The van der Waals surface area contributed by atoms with Gasteiger partial charge in [0, 0.05) is 24.2 Å². The molecule has 2 aliphatic heterocycles. The summed E-state index contributed by atoms with van der Waals surface area (Å²) in [4.78, 5) is 26.8. The van der Waals surface area contributed by atoms with Gasteiger partial charge in [-0.2, -0.15) is 0 Å². The van der Waals surface area contributed by atoms with Crippen LogP contribution in [0.2, 0.25) is 0 Å². The number of hydrogen-bond donors (Lipinski definition) is 1. The fraction of sp³-hybridized carbons (Fsp3) is 0.737. The third kappa shape index (κ3) is 3.80. The minimum Gasteiger partial charge on any atom is -0.444 e. The zero-order chi connectivity index (χ0) is 19.3. The van der Waals surface area contributed by atoms with Crippen LogP contribution in [0, 0.1) is 0 Å². The number of aromatic nitrogens is 1. The molecule has 0 aromatic carbocycles. The predicted molar refractivity (Wildman–Crippen MR) is 94.1 cm³/mol. The third-order valence-corrected chi connectivity index (χ3v) is 5.51. The second-order valence-corrected chi connectivity index (χ2v) is 8.89. The lowest BCUT2D eigenvalue weighted by Gasteiger charge is -2.39. The number of fused-ring (bicyclic) bond motifs is 2. The number of carbonyl (C=O) groups is 2. The van der Waals surface area contributed by atoms with Crippen LogP contribution in [0.15, 0.2) is 10.6 Å². The number of halogens is 1. The van der Waals surface area contributed by atoms with Crippen molar-refractivity contribution in [2.45, 2.75) is 88.7 Å². The topological polar surface area (TPSA) is 84.7 Å². The molecule has 2 amide bonds. The number of hydrogen-bond acceptors (Lipinski definition) is 5. The SMILES string of the molecule is CC(C)(C)OC(=O)N1[C@@H]2CC[C@H]1CC(NC(=O)c1cc([C@H]3C[C@@H]3F)on1)C2. The van der Waals surface area contributed by atoms with Gasteiger partial charge in [-0.05, 0) is 52.9 Å². The number of piperidine rings is 1. The van der Waals surface area contributed by atoms with Crippen LogP contribution in [0.4, 0.5) is 9.18 Å². The fourth-order valence-corrected chi connectivity index (χ4v) is 4.20. The van der Waals surface area contributed by atoms with Gasteiger partial charge in [0.15, 0.2) is 5.69 Å². The van der Waals surface area contributed by atoms with E-state index in [1.54, 1.807) is 0 Å². The summed E-state index contributed by atoms with van der Waals surface area (Å²) in [7, 11) is 0. The molecule has 1 saturated carbocycles. The van der Waals surface area contributed by atoms with Crippen molar-refractivity contribution in [2.75, 3.05) is 0 Å². The number of alkyl halides is 1. The Morgan fingerprint density at radius 1 is 1.26 bits per heavy atom. The first-order chi connectivity index (χ1) is 12.7. The normalized spacial score (nSPS) is 32.3. The van der Waals surface area contributed by atoms with Crippen molar-refractivity contribution in [3.05, 3.63) is 17.5 Å². The first-order valence-electron chi connectivity index (χ1n) is 9.64. The molecule has 3 fully saturated rings. The van der Waals surface area contributed by atoms with Crippen LogP contribution in [-0.4, -0.2) is 52.0 Å². The Morgan fingerprint density at radius 2 is 1.89 bits per heavy atom. The highest BCUT2D eigenvalue weighted by atomic mass is 19.1. The molecule has 3 heterocycles. The highest BCUT2D eigenvalue weighted by molar-refractivity contribution is 5.92. The van der Waals surface area contributed by atoms with E-state index in [2.05, 4.69) is 10.5 Å². The van der Waals surface area contributed by atoms with Gasteiger partial charge < -0.3 is 19.5 Å². The largest absolute Gasteiger partial charge is 0.444 e. The van der Waals surface area contributed by atoms with E-state index in [1.165, 1.54) is 6.07 Å². The van der Waals surface area contributed by atoms with Gasteiger partial charge in [-0.3, -0.25) is 4.79 Å². The van der Waals surface area contributed by atoms with Gasteiger partial charge in [0.2, 0.25) is 0 Å². The molecular formula is C19H26FN3O4. The van der Waals surface area contributed by atoms with E-state index < -0.39 is 11.8 Å². The number of ether oxygens (including phenoxy) is 1. The van der Waals surface area contributed by atoms with E-state index >= 15 is 0 Å². The summed E-state index contributed by atoms with van der Waals surface area (Å²) < 4.78 is 23.7. The van der Waals surface area contributed by atoms with Crippen molar-refractivity contribution in [3.63, 3.8) is 0 Å². The van der Waals surface area contributed by atoms with Gasteiger partial charge in [0.05, 0.1) is 5.92 Å². The van der Waals surface area contributed by atoms with Crippen molar-refractivity contribution in [1.82, 2.24) is 15.4 Å². The number of rotatable bonds is 3. The Hall–Kier alpha value is -2.12. The quantitative estimate of drug-likeness (QED) is 0.872. The van der Waals surface area contributed by atoms with Crippen LogP contribution in [-0.2, 0) is 4.74 Å². The second-order valence-electron chi connectivity index (χ2n) is 8.89. The smallest absolute Gasteiger partial charge is 0.410 e. The average molecular weight is 379 g/mol. The summed E-state index contributed by atoms with van der Waals surface area (Å²) in [6.07, 6.45) is 2.51. The van der Waals surface area contributed by atoms with Gasteiger partial charge in [-0.15, -0.1) is 0 Å². The number of nitrogens with zero attached hydrogens (tertiary/aromatic N) is 2. The number of nitrogens with one attached hydrogen (secondary N) is 1. The maximum atomic E-state index is 13.1. The Kier molecular flexibility index (Phi) is 4.39. The Balaban J connectivity index is 1.35. The first-order valence-corrected chi connectivity index (χ1v) is 9.64. The zero-order valence-electron chi connectivity index (χ0n) is 15.9. The highest BCUT2D eigenvalue weighted by Crippen LogP contribution is 2.43.